The third-order valence-corrected chi connectivity index (χ3v) is 2.82. The number of ether oxygens (including phenoxy) is 3. The Morgan fingerprint density at radius 3 is 2.40 bits per heavy atom. The molecule has 0 aromatic carbocycles. The van der Waals surface area contributed by atoms with Gasteiger partial charge in [-0.3, -0.25) is 5.32 Å². The molecule has 0 radical (unpaired) electrons. The number of nitriles is 1. The van der Waals surface area contributed by atoms with Crippen molar-refractivity contribution in [2.45, 2.75) is 58.2 Å². The first-order chi connectivity index (χ1) is 9.43. The molecule has 5 heteroatoms. The van der Waals surface area contributed by atoms with Crippen molar-refractivity contribution in [1.29, 1.82) is 5.26 Å². The van der Waals surface area contributed by atoms with Gasteiger partial charge in [0.05, 0.1) is 25.4 Å². The molecule has 0 spiro atoms. The van der Waals surface area contributed by atoms with Gasteiger partial charge in [-0.25, -0.2) is 0 Å². The average molecular weight is 286 g/mol. The van der Waals surface area contributed by atoms with Crippen LogP contribution >= 0.6 is 0 Å². The van der Waals surface area contributed by atoms with E-state index in [2.05, 4.69) is 11.4 Å². The summed E-state index contributed by atoms with van der Waals surface area (Å²) in [5.41, 5.74) is -0.549. The van der Waals surface area contributed by atoms with E-state index in [9.17, 15) is 5.26 Å². The van der Waals surface area contributed by atoms with Crippen molar-refractivity contribution in [3.05, 3.63) is 0 Å². The molecule has 5 nitrogen and oxygen atoms in total. The van der Waals surface area contributed by atoms with E-state index in [-0.39, 0.29) is 12.1 Å². The van der Waals surface area contributed by atoms with Crippen LogP contribution in [0.4, 0.5) is 0 Å². The fraction of sp³-hybridized carbons (Fsp3) is 0.933. The Balaban J connectivity index is 3.76. The highest BCUT2D eigenvalue weighted by Gasteiger charge is 2.27. The van der Waals surface area contributed by atoms with Crippen LogP contribution in [0.1, 0.15) is 40.5 Å². The number of methoxy groups -OCH3 is 1. The molecule has 0 aliphatic rings. The second-order valence-corrected chi connectivity index (χ2v) is 5.59. The molecule has 0 aromatic rings. The zero-order valence-electron chi connectivity index (χ0n) is 13.6. The average Bonchev–Trinajstić information content (AvgIpc) is 2.36. The third kappa shape index (κ3) is 10.2. The van der Waals surface area contributed by atoms with Gasteiger partial charge in [-0.1, -0.05) is 0 Å². The minimum atomic E-state index is -0.549. The molecule has 118 valence electrons. The molecule has 0 saturated carbocycles. The van der Waals surface area contributed by atoms with Gasteiger partial charge in [-0.05, 0) is 34.1 Å². The smallest absolute Gasteiger partial charge is 0.106 e. The summed E-state index contributed by atoms with van der Waals surface area (Å²) in [6.07, 6.45) is 1.58. The maximum absolute atomic E-state index is 9.27. The van der Waals surface area contributed by atoms with Crippen LogP contribution in [0.3, 0.4) is 0 Å². The molecule has 0 rings (SSSR count). The van der Waals surface area contributed by atoms with Gasteiger partial charge in [0.25, 0.3) is 0 Å². The van der Waals surface area contributed by atoms with Gasteiger partial charge in [0.15, 0.2) is 0 Å². The topological polar surface area (TPSA) is 63.5 Å². The van der Waals surface area contributed by atoms with Gasteiger partial charge in [0.1, 0.15) is 5.54 Å². The molecular formula is C15H30N2O3. The van der Waals surface area contributed by atoms with Crippen molar-refractivity contribution in [3.8, 4) is 6.07 Å². The van der Waals surface area contributed by atoms with Crippen molar-refractivity contribution in [2.75, 3.05) is 33.5 Å². The first-order valence-electron chi connectivity index (χ1n) is 7.30. The van der Waals surface area contributed by atoms with Crippen molar-refractivity contribution in [1.82, 2.24) is 5.32 Å². The summed E-state index contributed by atoms with van der Waals surface area (Å²) in [6.45, 7) is 10.5. The van der Waals surface area contributed by atoms with Gasteiger partial charge in [-0.2, -0.15) is 5.26 Å². The zero-order chi connectivity index (χ0) is 15.4. The first-order valence-corrected chi connectivity index (χ1v) is 7.30. The summed E-state index contributed by atoms with van der Waals surface area (Å²) in [5.74, 6) is 0. The normalized spacial score (nSPS) is 15.8. The largest absolute Gasteiger partial charge is 0.385 e. The number of rotatable bonds is 12. The Morgan fingerprint density at radius 1 is 1.15 bits per heavy atom. The molecule has 0 bridgehead atoms. The maximum Gasteiger partial charge on any atom is 0.106 e. The lowest BCUT2D eigenvalue weighted by atomic mass is 9.95. The predicted molar refractivity (Wildman–Crippen MR) is 79.6 cm³/mol. The highest BCUT2D eigenvalue weighted by atomic mass is 16.5. The Hall–Kier alpha value is -0.670. The first kappa shape index (κ1) is 19.3. The molecule has 1 N–H and O–H groups in total. The van der Waals surface area contributed by atoms with Crippen LogP contribution in [0.25, 0.3) is 0 Å². The molecule has 0 aliphatic carbocycles. The Morgan fingerprint density at radius 2 is 1.85 bits per heavy atom. The summed E-state index contributed by atoms with van der Waals surface area (Å²) < 4.78 is 16.0. The van der Waals surface area contributed by atoms with E-state index in [0.29, 0.717) is 26.2 Å². The zero-order valence-corrected chi connectivity index (χ0v) is 13.6. The summed E-state index contributed by atoms with van der Waals surface area (Å²) in [4.78, 5) is 0. The highest BCUT2D eigenvalue weighted by molar-refractivity contribution is 5.05. The standard InChI is InChI=1S/C15H30N2O3/c1-13(2)17-15(4,12-16)11-14(3)20-10-9-19-8-6-7-18-5/h13-14,17H,6-11H2,1-5H3. The highest BCUT2D eigenvalue weighted by Crippen LogP contribution is 2.14. The van der Waals surface area contributed by atoms with E-state index in [1.807, 2.05) is 27.7 Å². The Kier molecular flexibility index (Phi) is 10.7. The minimum absolute atomic E-state index is 0.0217. The van der Waals surface area contributed by atoms with Gasteiger partial charge in [0.2, 0.25) is 0 Å². The van der Waals surface area contributed by atoms with E-state index < -0.39 is 5.54 Å². The maximum atomic E-state index is 9.27. The minimum Gasteiger partial charge on any atom is -0.385 e. The van der Waals surface area contributed by atoms with Crippen LogP contribution < -0.4 is 5.32 Å². The molecule has 0 amide bonds. The lowest BCUT2D eigenvalue weighted by molar-refractivity contribution is -0.00105. The predicted octanol–water partition coefficient (Wildman–Crippen LogP) is 2.11. The van der Waals surface area contributed by atoms with Crippen LogP contribution in [0, 0.1) is 11.3 Å². The number of hydrogen-bond acceptors (Lipinski definition) is 5. The van der Waals surface area contributed by atoms with Gasteiger partial charge >= 0.3 is 0 Å². The van der Waals surface area contributed by atoms with Crippen LogP contribution in [-0.4, -0.2) is 51.2 Å². The summed E-state index contributed by atoms with van der Waals surface area (Å²) in [6, 6.07) is 2.60. The Labute approximate surface area is 123 Å². The molecule has 2 unspecified atom stereocenters. The monoisotopic (exact) mass is 286 g/mol. The molecule has 0 fully saturated rings. The fourth-order valence-corrected chi connectivity index (χ4v) is 2.12. The van der Waals surface area contributed by atoms with E-state index >= 15 is 0 Å². The molecule has 0 aliphatic heterocycles. The number of nitrogens with zero attached hydrogens (tertiary/aromatic N) is 1. The van der Waals surface area contributed by atoms with Gasteiger partial charge < -0.3 is 14.2 Å². The lowest BCUT2D eigenvalue weighted by Crippen LogP contribution is -2.47. The van der Waals surface area contributed by atoms with Crippen molar-refractivity contribution < 1.29 is 14.2 Å². The van der Waals surface area contributed by atoms with E-state index in [4.69, 9.17) is 14.2 Å². The van der Waals surface area contributed by atoms with E-state index in [0.717, 1.165) is 13.0 Å². The van der Waals surface area contributed by atoms with E-state index in [1.165, 1.54) is 0 Å². The molecule has 0 aromatic heterocycles. The molecule has 2 atom stereocenters. The van der Waals surface area contributed by atoms with Crippen LogP contribution in [0.5, 0.6) is 0 Å². The number of nitrogens with one attached hydrogen (secondary N) is 1. The quantitative estimate of drug-likeness (QED) is 0.557. The van der Waals surface area contributed by atoms with Gasteiger partial charge in [0, 0.05) is 32.8 Å². The molecule has 20 heavy (non-hydrogen) atoms. The van der Waals surface area contributed by atoms with Crippen LogP contribution in [0.15, 0.2) is 0 Å². The molecule has 0 heterocycles. The summed E-state index contributed by atoms with van der Waals surface area (Å²) in [5, 5.41) is 12.5. The molecular weight excluding hydrogens is 256 g/mol. The van der Waals surface area contributed by atoms with Crippen molar-refractivity contribution >= 4 is 0 Å². The fourth-order valence-electron chi connectivity index (χ4n) is 2.12. The Bertz CT molecular complexity index is 279. The molecule has 0 saturated heterocycles. The number of hydrogen-bond donors (Lipinski definition) is 1. The third-order valence-electron chi connectivity index (χ3n) is 2.82. The lowest BCUT2D eigenvalue weighted by Gasteiger charge is -2.28. The second-order valence-electron chi connectivity index (χ2n) is 5.59. The van der Waals surface area contributed by atoms with Gasteiger partial charge in [-0.15, -0.1) is 0 Å². The van der Waals surface area contributed by atoms with Crippen molar-refractivity contribution in [2.24, 2.45) is 0 Å². The summed E-state index contributed by atoms with van der Waals surface area (Å²) in [7, 11) is 1.68. The van der Waals surface area contributed by atoms with E-state index in [1.54, 1.807) is 7.11 Å². The van der Waals surface area contributed by atoms with Crippen LogP contribution in [0.2, 0.25) is 0 Å². The SMILES string of the molecule is COCCCOCCOC(C)CC(C)(C#N)NC(C)C. The van der Waals surface area contributed by atoms with Crippen LogP contribution in [-0.2, 0) is 14.2 Å². The summed E-state index contributed by atoms with van der Waals surface area (Å²) >= 11 is 0. The van der Waals surface area contributed by atoms with Crippen molar-refractivity contribution in [3.63, 3.8) is 0 Å². The second kappa shape index (κ2) is 11.0.